The molecular formula is C31H33ClN4O2. The van der Waals surface area contributed by atoms with Gasteiger partial charge in [-0.1, -0.05) is 41.9 Å². The van der Waals surface area contributed by atoms with E-state index in [0.717, 1.165) is 70.8 Å². The summed E-state index contributed by atoms with van der Waals surface area (Å²) in [5.41, 5.74) is 7.13. The number of carbonyl (C=O) groups is 2. The van der Waals surface area contributed by atoms with Gasteiger partial charge in [0.2, 0.25) is 0 Å². The van der Waals surface area contributed by atoms with Gasteiger partial charge in [0.05, 0.1) is 11.1 Å². The van der Waals surface area contributed by atoms with Crippen LogP contribution in [0.5, 0.6) is 0 Å². The number of rotatable bonds is 4. The molecule has 7 heteroatoms. The summed E-state index contributed by atoms with van der Waals surface area (Å²) < 4.78 is 0. The van der Waals surface area contributed by atoms with Crippen molar-refractivity contribution in [1.82, 2.24) is 14.8 Å². The van der Waals surface area contributed by atoms with Gasteiger partial charge >= 0.3 is 0 Å². The van der Waals surface area contributed by atoms with Gasteiger partial charge in [-0.05, 0) is 82.0 Å². The molecule has 0 unspecified atom stereocenters. The number of hydrogen-bond acceptors (Lipinski definition) is 3. The lowest BCUT2D eigenvalue weighted by Gasteiger charge is -2.36. The van der Waals surface area contributed by atoms with E-state index in [2.05, 4.69) is 15.2 Å². The fraction of sp³-hybridized carbons (Fsp3) is 0.355. The van der Waals surface area contributed by atoms with E-state index in [9.17, 15) is 9.59 Å². The number of amides is 2. The maximum absolute atomic E-state index is 13.6. The van der Waals surface area contributed by atoms with E-state index in [1.165, 1.54) is 25.9 Å². The Hall–Kier alpha value is -3.35. The minimum Gasteiger partial charge on any atom is -0.358 e. The molecular weight excluding hydrogens is 496 g/mol. The van der Waals surface area contributed by atoms with E-state index in [-0.39, 0.29) is 11.8 Å². The molecule has 6 rings (SSSR count). The Balaban J connectivity index is 1.30. The summed E-state index contributed by atoms with van der Waals surface area (Å²) in [5.74, 6) is -0.0863. The lowest BCUT2D eigenvalue weighted by atomic mass is 9.94. The molecule has 6 nitrogen and oxygen atoms in total. The first-order chi connectivity index (χ1) is 18.4. The third kappa shape index (κ3) is 4.36. The first-order valence-corrected chi connectivity index (χ1v) is 13.9. The van der Waals surface area contributed by atoms with Crippen molar-refractivity contribution in [2.75, 3.05) is 31.5 Å². The number of piperidine rings is 1. The predicted molar refractivity (Wildman–Crippen MR) is 153 cm³/mol. The first kappa shape index (κ1) is 25.0. The standard InChI is InChI=1S/C31H33ClN4O2/c1-19-27(33-20(2)28(19)31(38)36-16-12-21(13-17-36)35-14-5-6-15-35)18-24-29-23(22-8-3-4-10-25(22)32)9-7-11-26(29)34-30(24)37/h3-4,7-11,18,21,33H,5-6,12-17H2,1-2H3,(H,34,37). The molecule has 2 saturated heterocycles. The topological polar surface area (TPSA) is 68.4 Å². The third-order valence-electron chi connectivity index (χ3n) is 8.38. The molecule has 2 N–H and O–H groups in total. The Bertz CT molecular complexity index is 1440. The molecule has 0 saturated carbocycles. The van der Waals surface area contributed by atoms with Gasteiger partial charge in [0.1, 0.15) is 0 Å². The second-order valence-corrected chi connectivity index (χ2v) is 11.1. The maximum Gasteiger partial charge on any atom is 0.256 e. The molecule has 3 aliphatic heterocycles. The van der Waals surface area contributed by atoms with Gasteiger partial charge in [-0.25, -0.2) is 0 Å². The third-order valence-corrected chi connectivity index (χ3v) is 8.71. The lowest BCUT2D eigenvalue weighted by Crippen LogP contribution is -2.46. The normalized spacial score (nSPS) is 19.3. The predicted octanol–water partition coefficient (Wildman–Crippen LogP) is 6.15. The van der Waals surface area contributed by atoms with E-state index in [4.69, 9.17) is 11.6 Å². The van der Waals surface area contributed by atoms with E-state index in [1.807, 2.05) is 67.3 Å². The summed E-state index contributed by atoms with van der Waals surface area (Å²) >= 11 is 6.53. The van der Waals surface area contributed by atoms with Crippen LogP contribution in [0.1, 0.15) is 58.6 Å². The molecule has 2 fully saturated rings. The van der Waals surface area contributed by atoms with E-state index in [1.54, 1.807) is 0 Å². The number of fused-ring (bicyclic) bond motifs is 1. The zero-order chi connectivity index (χ0) is 26.4. The van der Waals surface area contributed by atoms with Crippen LogP contribution in [0.25, 0.3) is 22.8 Å². The highest BCUT2D eigenvalue weighted by Gasteiger charge is 2.32. The second-order valence-electron chi connectivity index (χ2n) is 10.7. The molecule has 0 atom stereocenters. The highest BCUT2D eigenvalue weighted by molar-refractivity contribution is 6.37. The number of hydrogen-bond donors (Lipinski definition) is 2. The Kier molecular flexibility index (Phi) is 6.62. The average Bonchev–Trinajstić information content (AvgIpc) is 3.63. The van der Waals surface area contributed by atoms with Crippen LogP contribution in [-0.2, 0) is 4.79 Å². The number of nitrogens with one attached hydrogen (secondary N) is 2. The van der Waals surface area contributed by atoms with E-state index in [0.29, 0.717) is 16.6 Å². The Morgan fingerprint density at radius 1 is 0.974 bits per heavy atom. The van der Waals surface area contributed by atoms with Crippen molar-refractivity contribution in [3.8, 4) is 11.1 Å². The Morgan fingerprint density at radius 3 is 2.42 bits per heavy atom. The SMILES string of the molecule is Cc1[nH]c(C=C2C(=O)Nc3cccc(-c4ccccc4Cl)c32)c(C)c1C(=O)N1CCC(N2CCCC2)CC1. The molecule has 2 aromatic carbocycles. The van der Waals surface area contributed by atoms with Crippen LogP contribution in [0.15, 0.2) is 42.5 Å². The van der Waals surface area contributed by atoms with Crippen molar-refractivity contribution in [2.24, 2.45) is 0 Å². The number of anilines is 1. The number of aromatic amines is 1. The first-order valence-electron chi connectivity index (χ1n) is 13.6. The van der Waals surface area contributed by atoms with Gasteiger partial charge < -0.3 is 20.1 Å². The zero-order valence-electron chi connectivity index (χ0n) is 21.9. The molecule has 1 aromatic heterocycles. The van der Waals surface area contributed by atoms with Crippen LogP contribution in [0.4, 0.5) is 5.69 Å². The molecule has 4 heterocycles. The summed E-state index contributed by atoms with van der Waals surface area (Å²) in [5, 5.41) is 3.63. The number of likely N-dealkylation sites (tertiary alicyclic amines) is 2. The van der Waals surface area contributed by atoms with Gasteiger partial charge in [0.25, 0.3) is 11.8 Å². The number of carbonyl (C=O) groups excluding carboxylic acids is 2. The number of aryl methyl sites for hydroxylation is 1. The smallest absolute Gasteiger partial charge is 0.256 e. The molecule has 0 radical (unpaired) electrons. The maximum atomic E-state index is 13.6. The highest BCUT2D eigenvalue weighted by atomic mass is 35.5. The van der Waals surface area contributed by atoms with Gasteiger partial charge in [0, 0.05) is 52.4 Å². The number of H-pyrrole nitrogens is 1. The van der Waals surface area contributed by atoms with Crippen LogP contribution in [0, 0.1) is 13.8 Å². The van der Waals surface area contributed by atoms with Crippen molar-refractivity contribution < 1.29 is 9.59 Å². The Morgan fingerprint density at radius 2 is 1.68 bits per heavy atom. The number of nitrogens with zero attached hydrogens (tertiary/aromatic N) is 2. The summed E-state index contributed by atoms with van der Waals surface area (Å²) in [7, 11) is 0. The van der Waals surface area contributed by atoms with Crippen LogP contribution < -0.4 is 5.32 Å². The number of benzene rings is 2. The summed E-state index contributed by atoms with van der Waals surface area (Å²) in [6, 6.07) is 14.1. The average molecular weight is 529 g/mol. The molecule has 3 aromatic rings. The number of aromatic nitrogens is 1. The summed E-state index contributed by atoms with van der Waals surface area (Å²) in [4.78, 5) is 34.8. The van der Waals surface area contributed by atoms with Gasteiger partial charge in [0.15, 0.2) is 0 Å². The number of halogens is 1. The fourth-order valence-corrected chi connectivity index (χ4v) is 6.61. The van der Waals surface area contributed by atoms with Crippen molar-refractivity contribution in [3.63, 3.8) is 0 Å². The van der Waals surface area contributed by atoms with Crippen molar-refractivity contribution in [2.45, 2.75) is 45.6 Å². The molecule has 0 aliphatic carbocycles. The van der Waals surface area contributed by atoms with Crippen LogP contribution in [-0.4, -0.2) is 58.8 Å². The largest absolute Gasteiger partial charge is 0.358 e. The van der Waals surface area contributed by atoms with Crippen LogP contribution in [0.2, 0.25) is 5.02 Å². The van der Waals surface area contributed by atoms with Crippen molar-refractivity contribution in [3.05, 3.63) is 75.6 Å². The highest BCUT2D eigenvalue weighted by Crippen LogP contribution is 2.42. The molecule has 38 heavy (non-hydrogen) atoms. The second kappa shape index (κ2) is 10.1. The quantitative estimate of drug-likeness (QED) is 0.399. The van der Waals surface area contributed by atoms with Crippen LogP contribution in [0.3, 0.4) is 0 Å². The van der Waals surface area contributed by atoms with Crippen LogP contribution >= 0.6 is 11.6 Å². The Labute approximate surface area is 228 Å². The zero-order valence-corrected chi connectivity index (χ0v) is 22.7. The monoisotopic (exact) mass is 528 g/mol. The van der Waals surface area contributed by atoms with E-state index < -0.39 is 0 Å². The minimum absolute atomic E-state index is 0.0776. The minimum atomic E-state index is -0.164. The van der Waals surface area contributed by atoms with Gasteiger partial charge in [-0.2, -0.15) is 0 Å². The van der Waals surface area contributed by atoms with Crippen molar-refractivity contribution >= 4 is 40.8 Å². The molecule has 196 valence electrons. The lowest BCUT2D eigenvalue weighted by molar-refractivity contribution is -0.110. The molecule has 3 aliphatic rings. The van der Waals surface area contributed by atoms with Crippen molar-refractivity contribution in [1.29, 1.82) is 0 Å². The molecule has 2 amide bonds. The molecule has 0 bridgehead atoms. The molecule has 0 spiro atoms. The fourth-order valence-electron chi connectivity index (χ4n) is 6.37. The van der Waals surface area contributed by atoms with Gasteiger partial charge in [-0.15, -0.1) is 0 Å². The summed E-state index contributed by atoms with van der Waals surface area (Å²) in [6.45, 7) is 7.88. The summed E-state index contributed by atoms with van der Waals surface area (Å²) in [6.07, 6.45) is 6.53. The van der Waals surface area contributed by atoms with Gasteiger partial charge in [-0.3, -0.25) is 9.59 Å². The van der Waals surface area contributed by atoms with E-state index >= 15 is 0 Å².